The van der Waals surface area contributed by atoms with Crippen molar-refractivity contribution in [3.05, 3.63) is 22.7 Å². The third-order valence-electron chi connectivity index (χ3n) is 1.81. The normalized spacial score (nSPS) is 11.7. The van der Waals surface area contributed by atoms with E-state index in [2.05, 4.69) is 0 Å². The highest BCUT2D eigenvalue weighted by Gasteiger charge is 2.22. The fourth-order valence-corrected chi connectivity index (χ4v) is 1.55. The van der Waals surface area contributed by atoms with Crippen LogP contribution >= 0.6 is 11.6 Å². The fraction of sp³-hybridized carbons (Fsp3) is 0.400. The van der Waals surface area contributed by atoms with Crippen molar-refractivity contribution in [1.29, 1.82) is 0 Å². The molecule has 3 heteroatoms. The molecule has 72 valence electrons. The molecule has 0 aliphatic heterocycles. The third kappa shape index (κ3) is 2.07. The molecule has 0 saturated heterocycles. The summed E-state index contributed by atoms with van der Waals surface area (Å²) in [6.07, 6.45) is 0. The Hall–Kier alpha value is -0.890. The number of phenols is 2. The number of benzene rings is 1. The monoisotopic (exact) mass is 200 g/mol. The van der Waals surface area contributed by atoms with Gasteiger partial charge in [-0.15, -0.1) is 0 Å². The maximum atomic E-state index is 9.56. The van der Waals surface area contributed by atoms with Crippen molar-refractivity contribution >= 4 is 11.6 Å². The molecule has 0 bridgehead atoms. The minimum atomic E-state index is -0.293. The topological polar surface area (TPSA) is 40.5 Å². The SMILES string of the molecule is CC(C)(C)c1c(O)cc(Cl)cc1O. The number of aromatic hydroxyl groups is 2. The molecule has 1 rings (SSSR count). The van der Waals surface area contributed by atoms with Crippen molar-refractivity contribution in [2.75, 3.05) is 0 Å². The first kappa shape index (κ1) is 10.2. The van der Waals surface area contributed by atoms with Gasteiger partial charge in [-0.2, -0.15) is 0 Å². The second-order valence-corrected chi connectivity index (χ2v) is 4.51. The van der Waals surface area contributed by atoms with Gasteiger partial charge in [0.2, 0.25) is 0 Å². The molecule has 0 radical (unpaired) electrons. The summed E-state index contributed by atoms with van der Waals surface area (Å²) in [7, 11) is 0. The second-order valence-electron chi connectivity index (χ2n) is 4.07. The minimum absolute atomic E-state index is 0.0394. The summed E-state index contributed by atoms with van der Waals surface area (Å²) >= 11 is 5.65. The van der Waals surface area contributed by atoms with Crippen LogP contribution in [0.1, 0.15) is 26.3 Å². The zero-order valence-corrected chi connectivity index (χ0v) is 8.68. The Balaban J connectivity index is 3.38. The minimum Gasteiger partial charge on any atom is -0.507 e. The number of rotatable bonds is 0. The highest BCUT2D eigenvalue weighted by molar-refractivity contribution is 6.30. The smallest absolute Gasteiger partial charge is 0.124 e. The van der Waals surface area contributed by atoms with Gasteiger partial charge >= 0.3 is 0 Å². The highest BCUT2D eigenvalue weighted by atomic mass is 35.5. The van der Waals surface area contributed by atoms with Gasteiger partial charge in [0.15, 0.2) is 0 Å². The largest absolute Gasteiger partial charge is 0.507 e. The van der Waals surface area contributed by atoms with E-state index in [1.54, 1.807) is 0 Å². The van der Waals surface area contributed by atoms with Crippen LogP contribution in [0.2, 0.25) is 5.02 Å². The highest BCUT2D eigenvalue weighted by Crippen LogP contribution is 2.39. The lowest BCUT2D eigenvalue weighted by Gasteiger charge is -2.21. The summed E-state index contributed by atoms with van der Waals surface area (Å²) in [5.41, 5.74) is 0.232. The second kappa shape index (κ2) is 3.11. The Morgan fingerprint density at radius 1 is 1.08 bits per heavy atom. The van der Waals surface area contributed by atoms with Gasteiger partial charge in [-0.05, 0) is 17.5 Å². The molecule has 0 fully saturated rings. The molecule has 0 amide bonds. The fourth-order valence-electron chi connectivity index (χ4n) is 1.35. The molecule has 0 saturated carbocycles. The summed E-state index contributed by atoms with van der Waals surface area (Å²) in [6.45, 7) is 5.74. The van der Waals surface area contributed by atoms with Crippen LogP contribution < -0.4 is 0 Å². The van der Waals surface area contributed by atoms with Crippen molar-refractivity contribution < 1.29 is 10.2 Å². The van der Waals surface area contributed by atoms with E-state index in [4.69, 9.17) is 11.6 Å². The standard InChI is InChI=1S/C10H13ClO2/c1-10(2,3)9-7(12)4-6(11)5-8(9)13/h4-5,12-13H,1-3H3. The quantitative estimate of drug-likeness (QED) is 0.676. The first-order valence-corrected chi connectivity index (χ1v) is 4.42. The first-order chi connectivity index (χ1) is 5.82. The van der Waals surface area contributed by atoms with Gasteiger partial charge < -0.3 is 10.2 Å². The van der Waals surface area contributed by atoms with E-state index in [0.29, 0.717) is 10.6 Å². The van der Waals surface area contributed by atoms with E-state index in [1.807, 2.05) is 20.8 Å². The molecule has 0 aliphatic rings. The maximum absolute atomic E-state index is 9.56. The predicted octanol–water partition coefficient (Wildman–Crippen LogP) is 3.05. The molecule has 13 heavy (non-hydrogen) atoms. The van der Waals surface area contributed by atoms with E-state index in [0.717, 1.165) is 0 Å². The maximum Gasteiger partial charge on any atom is 0.124 e. The van der Waals surface area contributed by atoms with Crippen LogP contribution in [-0.4, -0.2) is 10.2 Å². The van der Waals surface area contributed by atoms with Crippen molar-refractivity contribution in [2.45, 2.75) is 26.2 Å². The summed E-state index contributed by atoms with van der Waals surface area (Å²) in [5.74, 6) is 0.0787. The summed E-state index contributed by atoms with van der Waals surface area (Å²) in [6, 6.07) is 2.86. The van der Waals surface area contributed by atoms with E-state index >= 15 is 0 Å². The zero-order chi connectivity index (χ0) is 10.2. The molecule has 0 aliphatic carbocycles. The lowest BCUT2D eigenvalue weighted by atomic mass is 9.85. The Labute approximate surface area is 82.8 Å². The average Bonchev–Trinajstić information content (AvgIpc) is 1.78. The van der Waals surface area contributed by atoms with Crippen LogP contribution in [0.4, 0.5) is 0 Å². The predicted molar refractivity (Wildman–Crippen MR) is 53.5 cm³/mol. The van der Waals surface area contributed by atoms with Gasteiger partial charge in [-0.25, -0.2) is 0 Å². The zero-order valence-electron chi connectivity index (χ0n) is 7.93. The summed E-state index contributed by atoms with van der Waals surface area (Å²) < 4.78 is 0. The van der Waals surface area contributed by atoms with Crippen molar-refractivity contribution in [3.63, 3.8) is 0 Å². The van der Waals surface area contributed by atoms with Crippen LogP contribution in [-0.2, 0) is 5.41 Å². The molecule has 2 N–H and O–H groups in total. The van der Waals surface area contributed by atoms with Gasteiger partial charge in [0.25, 0.3) is 0 Å². The average molecular weight is 201 g/mol. The molecule has 2 nitrogen and oxygen atoms in total. The number of hydrogen-bond donors (Lipinski definition) is 2. The molecule has 0 aromatic heterocycles. The van der Waals surface area contributed by atoms with E-state index in [-0.39, 0.29) is 16.9 Å². The Kier molecular flexibility index (Phi) is 2.44. The summed E-state index contributed by atoms with van der Waals surface area (Å²) in [5, 5.41) is 19.5. The van der Waals surface area contributed by atoms with Crippen molar-refractivity contribution in [1.82, 2.24) is 0 Å². The van der Waals surface area contributed by atoms with Crippen LogP contribution in [0.25, 0.3) is 0 Å². The van der Waals surface area contributed by atoms with E-state index < -0.39 is 0 Å². The molecule has 0 unspecified atom stereocenters. The molecule has 1 aromatic carbocycles. The molecule has 0 heterocycles. The van der Waals surface area contributed by atoms with Crippen LogP contribution in [0, 0.1) is 0 Å². The number of halogens is 1. The van der Waals surface area contributed by atoms with Gasteiger partial charge in [0, 0.05) is 10.6 Å². The Bertz CT molecular complexity index is 303. The van der Waals surface area contributed by atoms with Crippen molar-refractivity contribution in [2.24, 2.45) is 0 Å². The number of hydrogen-bond acceptors (Lipinski definition) is 2. The van der Waals surface area contributed by atoms with Crippen LogP contribution in [0.5, 0.6) is 11.5 Å². The van der Waals surface area contributed by atoms with E-state index in [9.17, 15) is 10.2 Å². The molecular formula is C10H13ClO2. The number of phenolic OH excluding ortho intramolecular Hbond substituents is 2. The van der Waals surface area contributed by atoms with Crippen LogP contribution in [0.15, 0.2) is 12.1 Å². The van der Waals surface area contributed by atoms with Gasteiger partial charge in [0.1, 0.15) is 11.5 Å². The summed E-state index contributed by atoms with van der Waals surface area (Å²) in [4.78, 5) is 0. The molecule has 0 atom stereocenters. The molecule has 0 spiro atoms. The Morgan fingerprint density at radius 3 is 1.77 bits per heavy atom. The van der Waals surface area contributed by atoms with Gasteiger partial charge in [0.05, 0.1) is 0 Å². The lowest BCUT2D eigenvalue weighted by Crippen LogP contribution is -2.11. The van der Waals surface area contributed by atoms with Crippen molar-refractivity contribution in [3.8, 4) is 11.5 Å². The van der Waals surface area contributed by atoms with E-state index in [1.165, 1.54) is 12.1 Å². The molecular weight excluding hydrogens is 188 g/mol. The lowest BCUT2D eigenvalue weighted by molar-refractivity contribution is 0.410. The molecule has 1 aromatic rings. The third-order valence-corrected chi connectivity index (χ3v) is 2.03. The Morgan fingerprint density at radius 2 is 1.46 bits per heavy atom. The van der Waals surface area contributed by atoms with Gasteiger partial charge in [-0.3, -0.25) is 0 Å². The first-order valence-electron chi connectivity index (χ1n) is 4.04. The van der Waals surface area contributed by atoms with Crippen LogP contribution in [0.3, 0.4) is 0 Å². The van der Waals surface area contributed by atoms with Gasteiger partial charge in [-0.1, -0.05) is 32.4 Å².